The maximum Gasteiger partial charge on any atom is 0.152 e. The van der Waals surface area contributed by atoms with E-state index in [9.17, 15) is 0 Å². The molecule has 106 valence electrons. The Bertz CT molecular complexity index is 815. The molecule has 0 amide bonds. The van der Waals surface area contributed by atoms with Gasteiger partial charge in [0, 0.05) is 35.4 Å². The summed E-state index contributed by atoms with van der Waals surface area (Å²) in [7, 11) is 0. The normalized spacial score (nSPS) is 13.2. The molecule has 1 aromatic carbocycles. The molecule has 0 aliphatic carbocycles. The first-order valence-electron chi connectivity index (χ1n) is 6.77. The van der Waals surface area contributed by atoms with Crippen LogP contribution >= 0.6 is 15.9 Å². The Morgan fingerprint density at radius 2 is 2.29 bits per heavy atom. The van der Waals surface area contributed by atoms with E-state index in [1.165, 1.54) is 5.56 Å². The predicted molar refractivity (Wildman–Crippen MR) is 83.7 cm³/mol. The molecule has 0 spiro atoms. The lowest BCUT2D eigenvalue weighted by atomic mass is 10.1. The summed E-state index contributed by atoms with van der Waals surface area (Å²) in [5, 5.41) is 7.59. The van der Waals surface area contributed by atoms with E-state index in [1.54, 1.807) is 16.9 Å². The smallest absolute Gasteiger partial charge is 0.152 e. The van der Waals surface area contributed by atoms with Crippen LogP contribution in [0.15, 0.2) is 41.3 Å². The third kappa shape index (κ3) is 2.25. The Hall–Kier alpha value is -2.08. The van der Waals surface area contributed by atoms with Gasteiger partial charge >= 0.3 is 0 Å². The summed E-state index contributed by atoms with van der Waals surface area (Å²) in [6.45, 7) is 1.43. The summed E-state index contributed by atoms with van der Waals surface area (Å²) in [5.74, 6) is 1.83. The van der Waals surface area contributed by atoms with Crippen LogP contribution in [0.1, 0.15) is 11.1 Å². The highest BCUT2D eigenvalue weighted by Crippen LogP contribution is 2.33. The summed E-state index contributed by atoms with van der Waals surface area (Å²) in [4.78, 5) is 4.39. The maximum atomic E-state index is 5.75. The van der Waals surface area contributed by atoms with Gasteiger partial charge < -0.3 is 10.1 Å². The first kappa shape index (κ1) is 12.6. The Morgan fingerprint density at radius 1 is 1.33 bits per heavy atom. The number of fused-ring (bicyclic) bond motifs is 2. The molecule has 0 unspecified atom stereocenters. The predicted octanol–water partition coefficient (Wildman–Crippen LogP) is 3.04. The van der Waals surface area contributed by atoms with Crippen LogP contribution in [-0.4, -0.2) is 21.2 Å². The Kier molecular flexibility index (Phi) is 3.03. The summed E-state index contributed by atoms with van der Waals surface area (Å²) >= 11 is 3.56. The van der Waals surface area contributed by atoms with Crippen LogP contribution in [0, 0.1) is 0 Å². The number of rotatable bonds is 3. The van der Waals surface area contributed by atoms with Gasteiger partial charge in [-0.1, -0.05) is 15.9 Å². The molecule has 0 bridgehead atoms. The number of benzene rings is 1. The van der Waals surface area contributed by atoms with Crippen molar-refractivity contribution in [3.8, 4) is 5.75 Å². The number of anilines is 1. The van der Waals surface area contributed by atoms with Crippen LogP contribution in [0.4, 0.5) is 5.82 Å². The number of nitrogens with zero attached hydrogens (tertiary/aromatic N) is 3. The lowest BCUT2D eigenvalue weighted by molar-refractivity contribution is 0.354. The highest BCUT2D eigenvalue weighted by atomic mass is 79.9. The number of nitrogens with one attached hydrogen (secondary N) is 1. The lowest BCUT2D eigenvalue weighted by Gasteiger charge is -2.11. The van der Waals surface area contributed by atoms with E-state index in [0.717, 1.165) is 40.1 Å². The van der Waals surface area contributed by atoms with Crippen LogP contribution in [0.2, 0.25) is 0 Å². The monoisotopic (exact) mass is 344 g/mol. The maximum absolute atomic E-state index is 5.75. The van der Waals surface area contributed by atoms with Gasteiger partial charge in [-0.05, 0) is 23.8 Å². The molecule has 0 saturated carbocycles. The van der Waals surface area contributed by atoms with Crippen LogP contribution < -0.4 is 10.1 Å². The summed E-state index contributed by atoms with van der Waals surface area (Å²) in [6.07, 6.45) is 6.31. The Labute approximate surface area is 130 Å². The van der Waals surface area contributed by atoms with Crippen LogP contribution in [0.3, 0.4) is 0 Å². The number of aromatic nitrogens is 3. The largest absolute Gasteiger partial charge is 0.493 e. The van der Waals surface area contributed by atoms with E-state index >= 15 is 0 Å². The van der Waals surface area contributed by atoms with Crippen molar-refractivity contribution >= 4 is 27.3 Å². The zero-order chi connectivity index (χ0) is 14.2. The van der Waals surface area contributed by atoms with Gasteiger partial charge in [0.2, 0.25) is 0 Å². The Morgan fingerprint density at radius 3 is 3.24 bits per heavy atom. The quantitative estimate of drug-likeness (QED) is 0.793. The molecule has 21 heavy (non-hydrogen) atoms. The third-order valence-corrected chi connectivity index (χ3v) is 4.05. The fourth-order valence-corrected chi connectivity index (χ4v) is 3.20. The van der Waals surface area contributed by atoms with Crippen molar-refractivity contribution in [2.45, 2.75) is 13.0 Å². The molecule has 1 aliphatic heterocycles. The zero-order valence-corrected chi connectivity index (χ0v) is 12.8. The van der Waals surface area contributed by atoms with Crippen LogP contribution in [0.25, 0.3) is 5.52 Å². The Balaban J connectivity index is 1.64. The number of halogens is 1. The first-order valence-corrected chi connectivity index (χ1v) is 7.57. The second-order valence-electron chi connectivity index (χ2n) is 4.94. The molecule has 3 aromatic rings. The number of ether oxygens (including phenoxy) is 1. The molecule has 4 rings (SSSR count). The molecular formula is C15H13BrN4O. The third-order valence-electron chi connectivity index (χ3n) is 3.60. The van der Waals surface area contributed by atoms with Gasteiger partial charge in [0.1, 0.15) is 11.3 Å². The highest BCUT2D eigenvalue weighted by Gasteiger charge is 2.17. The van der Waals surface area contributed by atoms with E-state index in [1.807, 2.05) is 12.3 Å². The topological polar surface area (TPSA) is 51.5 Å². The van der Waals surface area contributed by atoms with Crippen molar-refractivity contribution in [3.05, 3.63) is 52.4 Å². The van der Waals surface area contributed by atoms with Crippen molar-refractivity contribution in [3.63, 3.8) is 0 Å². The van der Waals surface area contributed by atoms with Gasteiger partial charge in [-0.15, -0.1) is 0 Å². The van der Waals surface area contributed by atoms with Crippen LogP contribution in [0.5, 0.6) is 5.75 Å². The summed E-state index contributed by atoms with van der Waals surface area (Å²) in [6, 6.07) is 6.16. The minimum atomic E-state index is 0.666. The second kappa shape index (κ2) is 5.04. The SMILES string of the molecule is Brc1cc2c(c(CNc3nccn4nccc34)c1)OCC2. The van der Waals surface area contributed by atoms with E-state index in [-0.39, 0.29) is 0 Å². The van der Waals surface area contributed by atoms with E-state index in [4.69, 9.17) is 4.74 Å². The highest BCUT2D eigenvalue weighted by molar-refractivity contribution is 9.10. The molecule has 0 fully saturated rings. The van der Waals surface area contributed by atoms with Crippen molar-refractivity contribution in [2.75, 3.05) is 11.9 Å². The minimum absolute atomic E-state index is 0.666. The van der Waals surface area contributed by atoms with Gasteiger partial charge in [0.15, 0.2) is 5.82 Å². The number of hydrogen-bond acceptors (Lipinski definition) is 4. The second-order valence-corrected chi connectivity index (χ2v) is 5.86. The summed E-state index contributed by atoms with van der Waals surface area (Å²) in [5.41, 5.74) is 3.36. The first-order chi connectivity index (χ1) is 10.3. The van der Waals surface area contributed by atoms with Crippen LogP contribution in [-0.2, 0) is 13.0 Å². The molecule has 0 radical (unpaired) electrons. The van der Waals surface area contributed by atoms with Gasteiger partial charge in [-0.2, -0.15) is 5.10 Å². The summed E-state index contributed by atoms with van der Waals surface area (Å²) < 4.78 is 8.63. The molecule has 2 aromatic heterocycles. The minimum Gasteiger partial charge on any atom is -0.493 e. The van der Waals surface area contributed by atoms with E-state index < -0.39 is 0 Å². The standard InChI is InChI=1S/C15H13BrN4O/c16-12-7-10-2-6-21-14(10)11(8-12)9-18-15-13-1-3-19-20(13)5-4-17-15/h1,3-5,7-8H,2,6,9H2,(H,17,18). The molecule has 3 heterocycles. The average Bonchev–Trinajstić information content (AvgIpc) is 3.12. The molecule has 1 aliphatic rings. The van der Waals surface area contributed by atoms with Crippen molar-refractivity contribution < 1.29 is 4.74 Å². The van der Waals surface area contributed by atoms with Gasteiger partial charge in [0.05, 0.1) is 12.8 Å². The number of hydrogen-bond donors (Lipinski definition) is 1. The fourth-order valence-electron chi connectivity index (χ4n) is 2.65. The van der Waals surface area contributed by atoms with E-state index in [2.05, 4.69) is 43.5 Å². The fraction of sp³-hybridized carbons (Fsp3) is 0.200. The van der Waals surface area contributed by atoms with Gasteiger partial charge in [0.25, 0.3) is 0 Å². The van der Waals surface area contributed by atoms with Crippen molar-refractivity contribution in [2.24, 2.45) is 0 Å². The molecule has 0 saturated heterocycles. The molecule has 6 heteroatoms. The van der Waals surface area contributed by atoms with Crippen molar-refractivity contribution in [1.82, 2.24) is 14.6 Å². The molecule has 1 N–H and O–H groups in total. The lowest BCUT2D eigenvalue weighted by Crippen LogP contribution is -2.05. The molecular weight excluding hydrogens is 332 g/mol. The van der Waals surface area contributed by atoms with E-state index in [0.29, 0.717) is 6.54 Å². The van der Waals surface area contributed by atoms with Crippen molar-refractivity contribution in [1.29, 1.82) is 0 Å². The zero-order valence-electron chi connectivity index (χ0n) is 11.2. The molecule has 0 atom stereocenters. The van der Waals surface area contributed by atoms with Gasteiger partial charge in [-0.3, -0.25) is 0 Å². The average molecular weight is 345 g/mol. The molecule has 5 nitrogen and oxygen atoms in total. The van der Waals surface area contributed by atoms with Gasteiger partial charge in [-0.25, -0.2) is 9.50 Å².